The summed E-state index contributed by atoms with van der Waals surface area (Å²) in [5.74, 6) is 0.180. The SMILES string of the molecule is COC(Cl)=C(OC)OC. The zero-order valence-corrected chi connectivity index (χ0v) is 6.36. The van der Waals surface area contributed by atoms with Crippen LogP contribution in [0, 0.1) is 0 Å². The summed E-state index contributed by atoms with van der Waals surface area (Å²) in [6, 6.07) is 0. The molecule has 0 aliphatic carbocycles. The minimum atomic E-state index is 0.111. The molecule has 4 heteroatoms. The van der Waals surface area contributed by atoms with Gasteiger partial charge in [0.25, 0.3) is 5.22 Å². The van der Waals surface area contributed by atoms with Crippen LogP contribution in [0.25, 0.3) is 0 Å². The van der Waals surface area contributed by atoms with Gasteiger partial charge in [0, 0.05) is 0 Å². The van der Waals surface area contributed by atoms with Crippen molar-refractivity contribution in [3.05, 3.63) is 11.2 Å². The molecule has 0 rings (SSSR count). The van der Waals surface area contributed by atoms with Gasteiger partial charge in [0.15, 0.2) is 0 Å². The predicted octanol–water partition coefficient (Wildman–Crippen LogP) is 1.29. The van der Waals surface area contributed by atoms with Crippen LogP contribution < -0.4 is 0 Å². The molecule has 54 valence electrons. The summed E-state index contributed by atoms with van der Waals surface area (Å²) in [6.07, 6.45) is 0. The van der Waals surface area contributed by atoms with Gasteiger partial charge in [0.2, 0.25) is 0 Å². The molecule has 0 aromatic carbocycles. The first-order chi connectivity index (χ1) is 4.26. The highest BCUT2D eigenvalue weighted by Crippen LogP contribution is 2.10. The number of methoxy groups -OCH3 is 3. The molecule has 0 fully saturated rings. The van der Waals surface area contributed by atoms with Crippen molar-refractivity contribution in [1.29, 1.82) is 0 Å². The van der Waals surface area contributed by atoms with E-state index in [0.717, 1.165) is 0 Å². The fraction of sp³-hybridized carbons (Fsp3) is 0.600. The average Bonchev–Trinajstić information content (AvgIpc) is 1.90. The summed E-state index contributed by atoms with van der Waals surface area (Å²) in [7, 11) is 4.32. The largest absolute Gasteiger partial charge is 0.481 e. The summed E-state index contributed by atoms with van der Waals surface area (Å²) in [4.78, 5) is 0. The molecule has 0 heterocycles. The van der Waals surface area contributed by atoms with Crippen LogP contribution in [0.1, 0.15) is 0 Å². The van der Waals surface area contributed by atoms with Crippen LogP contribution in [0.15, 0.2) is 11.2 Å². The molecule has 0 aliphatic heterocycles. The van der Waals surface area contributed by atoms with Crippen molar-refractivity contribution >= 4 is 11.6 Å². The molecule has 0 saturated heterocycles. The van der Waals surface area contributed by atoms with Crippen LogP contribution in [-0.4, -0.2) is 21.3 Å². The highest BCUT2D eigenvalue weighted by atomic mass is 35.5. The van der Waals surface area contributed by atoms with Crippen LogP contribution in [-0.2, 0) is 14.2 Å². The van der Waals surface area contributed by atoms with E-state index >= 15 is 0 Å². The molecule has 0 saturated carbocycles. The Kier molecular flexibility index (Phi) is 4.05. The molecule has 0 spiro atoms. The number of hydrogen-bond donors (Lipinski definition) is 0. The minimum Gasteiger partial charge on any atom is -0.481 e. The van der Waals surface area contributed by atoms with Gasteiger partial charge in [-0.3, -0.25) is 0 Å². The summed E-state index contributed by atoms with van der Waals surface area (Å²) >= 11 is 5.44. The quantitative estimate of drug-likeness (QED) is 0.571. The minimum absolute atomic E-state index is 0.111. The third kappa shape index (κ3) is 2.46. The van der Waals surface area contributed by atoms with E-state index in [0.29, 0.717) is 0 Å². The fourth-order valence-corrected chi connectivity index (χ4v) is 0.481. The summed E-state index contributed by atoms with van der Waals surface area (Å²) < 4.78 is 13.9. The van der Waals surface area contributed by atoms with Gasteiger partial charge in [-0.2, -0.15) is 0 Å². The van der Waals surface area contributed by atoms with Gasteiger partial charge in [-0.25, -0.2) is 0 Å². The Morgan fingerprint density at radius 3 is 1.56 bits per heavy atom. The summed E-state index contributed by atoms with van der Waals surface area (Å²) in [5, 5.41) is 0.111. The molecular weight excluding hydrogens is 144 g/mol. The van der Waals surface area contributed by atoms with E-state index in [4.69, 9.17) is 11.6 Å². The Morgan fingerprint density at radius 1 is 1.00 bits per heavy atom. The lowest BCUT2D eigenvalue weighted by Crippen LogP contribution is -1.93. The van der Waals surface area contributed by atoms with Gasteiger partial charge >= 0.3 is 5.95 Å². The third-order valence-corrected chi connectivity index (χ3v) is 1.02. The van der Waals surface area contributed by atoms with Crippen molar-refractivity contribution in [2.45, 2.75) is 0 Å². The smallest absolute Gasteiger partial charge is 0.335 e. The zero-order valence-electron chi connectivity index (χ0n) is 5.60. The first-order valence-electron chi connectivity index (χ1n) is 2.28. The standard InChI is InChI=1S/C5H9ClO3/c1-7-4(6)5(8-2)9-3/h1-3H3. The van der Waals surface area contributed by atoms with E-state index in [9.17, 15) is 0 Å². The van der Waals surface area contributed by atoms with Crippen LogP contribution >= 0.6 is 11.6 Å². The molecular formula is C5H9ClO3. The second kappa shape index (κ2) is 4.32. The number of ether oxygens (including phenoxy) is 3. The Bertz CT molecular complexity index is 105. The predicted molar refractivity (Wildman–Crippen MR) is 33.9 cm³/mol. The highest BCUT2D eigenvalue weighted by molar-refractivity contribution is 6.28. The lowest BCUT2D eigenvalue weighted by molar-refractivity contribution is 0.0759. The molecule has 9 heavy (non-hydrogen) atoms. The molecule has 0 amide bonds. The van der Waals surface area contributed by atoms with Gasteiger partial charge < -0.3 is 14.2 Å². The summed E-state index contributed by atoms with van der Waals surface area (Å²) in [6.45, 7) is 0. The van der Waals surface area contributed by atoms with Crippen molar-refractivity contribution in [1.82, 2.24) is 0 Å². The molecule has 0 aliphatic rings. The maximum Gasteiger partial charge on any atom is 0.335 e. The van der Waals surface area contributed by atoms with Crippen LogP contribution in [0.2, 0.25) is 0 Å². The summed E-state index contributed by atoms with van der Waals surface area (Å²) in [5.41, 5.74) is 0. The van der Waals surface area contributed by atoms with E-state index in [1.165, 1.54) is 21.3 Å². The molecule has 0 bridgehead atoms. The van der Waals surface area contributed by atoms with E-state index < -0.39 is 0 Å². The monoisotopic (exact) mass is 152 g/mol. The molecule has 0 radical (unpaired) electrons. The van der Waals surface area contributed by atoms with Crippen molar-refractivity contribution in [3.8, 4) is 0 Å². The normalized spacial score (nSPS) is 8.00. The van der Waals surface area contributed by atoms with E-state index in [2.05, 4.69) is 14.2 Å². The van der Waals surface area contributed by atoms with Crippen LogP contribution in [0.4, 0.5) is 0 Å². The Morgan fingerprint density at radius 2 is 1.44 bits per heavy atom. The first kappa shape index (κ1) is 8.43. The average molecular weight is 153 g/mol. The second-order valence-corrected chi connectivity index (χ2v) is 1.52. The van der Waals surface area contributed by atoms with Gasteiger partial charge in [-0.05, 0) is 11.6 Å². The Hall–Kier alpha value is -0.570. The number of rotatable bonds is 3. The maximum absolute atomic E-state index is 5.44. The molecule has 0 N–H and O–H groups in total. The van der Waals surface area contributed by atoms with E-state index in [1.807, 2.05) is 0 Å². The molecule has 0 atom stereocenters. The molecule has 0 unspecified atom stereocenters. The van der Waals surface area contributed by atoms with Crippen LogP contribution in [0.5, 0.6) is 0 Å². The van der Waals surface area contributed by atoms with E-state index in [-0.39, 0.29) is 11.2 Å². The Balaban J connectivity index is 4.01. The van der Waals surface area contributed by atoms with Gasteiger partial charge in [-0.15, -0.1) is 0 Å². The Labute approximate surface area is 59.2 Å². The number of hydrogen-bond acceptors (Lipinski definition) is 3. The first-order valence-corrected chi connectivity index (χ1v) is 2.65. The van der Waals surface area contributed by atoms with Crippen molar-refractivity contribution in [2.75, 3.05) is 21.3 Å². The van der Waals surface area contributed by atoms with Crippen molar-refractivity contribution in [2.24, 2.45) is 0 Å². The second-order valence-electron chi connectivity index (χ2n) is 1.17. The lowest BCUT2D eigenvalue weighted by Gasteiger charge is -2.04. The maximum atomic E-state index is 5.44. The third-order valence-electron chi connectivity index (χ3n) is 0.710. The molecule has 0 aromatic heterocycles. The topological polar surface area (TPSA) is 27.7 Å². The zero-order chi connectivity index (χ0) is 7.28. The van der Waals surface area contributed by atoms with Gasteiger partial charge in [0.1, 0.15) is 0 Å². The molecule has 0 aromatic rings. The molecule has 3 nitrogen and oxygen atoms in total. The van der Waals surface area contributed by atoms with Gasteiger partial charge in [-0.1, -0.05) is 0 Å². The van der Waals surface area contributed by atoms with Crippen molar-refractivity contribution < 1.29 is 14.2 Å². The van der Waals surface area contributed by atoms with Crippen molar-refractivity contribution in [3.63, 3.8) is 0 Å². The number of halogens is 1. The lowest BCUT2D eigenvalue weighted by atomic mass is 10.9. The van der Waals surface area contributed by atoms with Crippen LogP contribution in [0.3, 0.4) is 0 Å². The highest BCUT2D eigenvalue weighted by Gasteiger charge is 2.02. The van der Waals surface area contributed by atoms with E-state index in [1.54, 1.807) is 0 Å². The van der Waals surface area contributed by atoms with Gasteiger partial charge in [0.05, 0.1) is 21.3 Å². The fourth-order valence-electron chi connectivity index (χ4n) is 0.327.